The molecule has 3 nitrogen and oxygen atoms in total. The molecule has 0 N–H and O–H groups in total. The predicted molar refractivity (Wildman–Crippen MR) is 52.4 cm³/mol. The summed E-state index contributed by atoms with van der Waals surface area (Å²) in [4.78, 5) is 13.1. The van der Waals surface area contributed by atoms with Gasteiger partial charge in [0.15, 0.2) is 0 Å². The van der Waals surface area contributed by atoms with Crippen LogP contribution in [0.1, 0.15) is 27.2 Å². The fraction of sp³-hybridized carbons (Fsp3) is 0.778. The van der Waals surface area contributed by atoms with E-state index in [0.717, 1.165) is 0 Å². The van der Waals surface area contributed by atoms with E-state index in [-0.39, 0.29) is 11.9 Å². The molecular formula is C9H15ClN2O. The molecule has 0 aliphatic rings. The van der Waals surface area contributed by atoms with Gasteiger partial charge in [0.05, 0.1) is 12.5 Å². The second-order valence-corrected chi connectivity index (χ2v) is 3.80. The Morgan fingerprint density at radius 1 is 1.54 bits per heavy atom. The van der Waals surface area contributed by atoms with E-state index in [1.54, 1.807) is 11.8 Å². The van der Waals surface area contributed by atoms with Crippen LogP contribution in [-0.4, -0.2) is 28.8 Å². The molecule has 0 aromatic heterocycles. The van der Waals surface area contributed by atoms with Crippen molar-refractivity contribution in [2.24, 2.45) is 0 Å². The second kappa shape index (κ2) is 5.82. The van der Waals surface area contributed by atoms with Crippen LogP contribution in [0, 0.1) is 11.3 Å². The third kappa shape index (κ3) is 4.14. The molecule has 0 aromatic rings. The molecule has 13 heavy (non-hydrogen) atoms. The van der Waals surface area contributed by atoms with E-state index in [1.165, 1.54) is 0 Å². The van der Waals surface area contributed by atoms with Crippen LogP contribution < -0.4 is 0 Å². The lowest BCUT2D eigenvalue weighted by atomic mass is 10.2. The maximum absolute atomic E-state index is 11.5. The molecule has 1 unspecified atom stereocenters. The summed E-state index contributed by atoms with van der Waals surface area (Å²) in [5.41, 5.74) is 0. The highest BCUT2D eigenvalue weighted by atomic mass is 35.5. The Labute approximate surface area is 84.3 Å². The number of carbonyl (C=O) groups is 1. The van der Waals surface area contributed by atoms with Crippen LogP contribution in [0.4, 0.5) is 0 Å². The topological polar surface area (TPSA) is 44.1 Å². The van der Waals surface area contributed by atoms with Gasteiger partial charge in [-0.05, 0) is 20.8 Å². The second-order valence-electron chi connectivity index (χ2n) is 3.15. The maximum atomic E-state index is 11.5. The normalized spacial score (nSPS) is 12.3. The molecule has 0 bridgehead atoms. The van der Waals surface area contributed by atoms with Crippen molar-refractivity contribution < 1.29 is 4.79 Å². The minimum atomic E-state index is -0.513. The van der Waals surface area contributed by atoms with E-state index >= 15 is 0 Å². The Kier molecular flexibility index (Phi) is 5.48. The van der Waals surface area contributed by atoms with E-state index in [0.29, 0.717) is 13.0 Å². The highest BCUT2D eigenvalue weighted by Gasteiger charge is 2.20. The van der Waals surface area contributed by atoms with E-state index in [4.69, 9.17) is 16.9 Å². The minimum absolute atomic E-state index is 0.0991. The van der Waals surface area contributed by atoms with E-state index in [1.807, 2.05) is 19.9 Å². The molecule has 0 aliphatic heterocycles. The molecule has 0 spiro atoms. The van der Waals surface area contributed by atoms with Crippen molar-refractivity contribution in [2.45, 2.75) is 38.6 Å². The maximum Gasteiger partial charge on any atom is 0.240 e. The first kappa shape index (κ1) is 12.2. The van der Waals surface area contributed by atoms with Crippen molar-refractivity contribution in [3.8, 4) is 6.07 Å². The first-order chi connectivity index (χ1) is 6.00. The number of nitriles is 1. The van der Waals surface area contributed by atoms with Gasteiger partial charge in [-0.2, -0.15) is 5.26 Å². The summed E-state index contributed by atoms with van der Waals surface area (Å²) < 4.78 is 0. The van der Waals surface area contributed by atoms with Crippen LogP contribution >= 0.6 is 11.6 Å². The molecule has 1 amide bonds. The first-order valence-electron chi connectivity index (χ1n) is 4.32. The van der Waals surface area contributed by atoms with Gasteiger partial charge in [0.1, 0.15) is 5.38 Å². The smallest absolute Gasteiger partial charge is 0.240 e. The Morgan fingerprint density at radius 2 is 2.08 bits per heavy atom. The monoisotopic (exact) mass is 202 g/mol. The Hall–Kier alpha value is -0.750. The minimum Gasteiger partial charge on any atom is -0.338 e. The van der Waals surface area contributed by atoms with Gasteiger partial charge in [0, 0.05) is 12.6 Å². The summed E-state index contributed by atoms with van der Waals surface area (Å²) in [6.07, 6.45) is 0.355. The molecule has 0 fully saturated rings. The molecule has 0 aromatic carbocycles. The molecule has 1 atom stereocenters. The number of alkyl halides is 1. The first-order valence-corrected chi connectivity index (χ1v) is 4.75. The molecule has 0 radical (unpaired) electrons. The van der Waals surface area contributed by atoms with Gasteiger partial charge in [-0.25, -0.2) is 0 Å². The van der Waals surface area contributed by atoms with Gasteiger partial charge in [-0.1, -0.05) is 0 Å². The fourth-order valence-corrected chi connectivity index (χ4v) is 1.15. The lowest BCUT2D eigenvalue weighted by molar-refractivity contribution is -0.132. The average molecular weight is 203 g/mol. The number of carbonyl (C=O) groups excluding carboxylic acids is 1. The third-order valence-corrected chi connectivity index (χ3v) is 1.90. The van der Waals surface area contributed by atoms with Crippen molar-refractivity contribution in [3.63, 3.8) is 0 Å². The lowest BCUT2D eigenvalue weighted by Gasteiger charge is -2.26. The van der Waals surface area contributed by atoms with Gasteiger partial charge in [0.25, 0.3) is 0 Å². The van der Waals surface area contributed by atoms with Crippen molar-refractivity contribution in [3.05, 3.63) is 0 Å². The van der Waals surface area contributed by atoms with Crippen LogP contribution in [0.3, 0.4) is 0 Å². The Balaban J connectivity index is 4.26. The molecule has 74 valence electrons. The van der Waals surface area contributed by atoms with Crippen LogP contribution in [-0.2, 0) is 4.79 Å². The zero-order valence-electron chi connectivity index (χ0n) is 8.25. The van der Waals surface area contributed by atoms with Gasteiger partial charge < -0.3 is 4.90 Å². The SMILES string of the molecule is CC(Cl)C(=O)N(CCC#N)C(C)C. The third-order valence-electron chi connectivity index (χ3n) is 1.71. The van der Waals surface area contributed by atoms with Gasteiger partial charge >= 0.3 is 0 Å². The summed E-state index contributed by atoms with van der Waals surface area (Å²) in [7, 11) is 0. The van der Waals surface area contributed by atoms with Gasteiger partial charge in [-0.15, -0.1) is 11.6 Å². The molecule has 4 heteroatoms. The number of hydrogen-bond acceptors (Lipinski definition) is 2. The van der Waals surface area contributed by atoms with Crippen LogP contribution in [0.15, 0.2) is 0 Å². The molecule has 0 rings (SSSR count). The highest BCUT2D eigenvalue weighted by molar-refractivity contribution is 6.30. The molecule has 0 aliphatic carbocycles. The van der Waals surface area contributed by atoms with E-state index < -0.39 is 5.38 Å². The molecular weight excluding hydrogens is 188 g/mol. The van der Waals surface area contributed by atoms with E-state index in [2.05, 4.69) is 0 Å². The van der Waals surface area contributed by atoms with Crippen molar-refractivity contribution in [1.82, 2.24) is 4.90 Å². The highest BCUT2D eigenvalue weighted by Crippen LogP contribution is 2.06. The zero-order valence-corrected chi connectivity index (χ0v) is 9.01. The molecule has 0 saturated heterocycles. The number of amides is 1. The van der Waals surface area contributed by atoms with Gasteiger partial charge in [0.2, 0.25) is 5.91 Å². The molecule has 0 saturated carbocycles. The Morgan fingerprint density at radius 3 is 2.38 bits per heavy atom. The zero-order chi connectivity index (χ0) is 10.4. The largest absolute Gasteiger partial charge is 0.338 e. The number of rotatable bonds is 4. The summed E-state index contributed by atoms with van der Waals surface area (Å²) in [6, 6.07) is 2.11. The quantitative estimate of drug-likeness (QED) is 0.653. The predicted octanol–water partition coefficient (Wildman–Crippen LogP) is 1.76. The standard InChI is InChI=1S/C9H15ClN2O/c1-7(2)12(6-4-5-11)9(13)8(3)10/h7-8H,4,6H2,1-3H3. The average Bonchev–Trinajstić information content (AvgIpc) is 2.04. The number of halogens is 1. The van der Waals surface area contributed by atoms with E-state index in [9.17, 15) is 4.79 Å². The summed E-state index contributed by atoms with van der Waals surface area (Å²) in [5, 5.41) is 7.88. The van der Waals surface area contributed by atoms with Gasteiger partial charge in [-0.3, -0.25) is 4.79 Å². The number of nitrogens with zero attached hydrogens (tertiary/aromatic N) is 2. The summed E-state index contributed by atoms with van der Waals surface area (Å²) in [5.74, 6) is -0.105. The number of hydrogen-bond donors (Lipinski definition) is 0. The van der Waals surface area contributed by atoms with Crippen molar-refractivity contribution in [2.75, 3.05) is 6.54 Å². The van der Waals surface area contributed by atoms with Crippen LogP contribution in [0.25, 0.3) is 0 Å². The fourth-order valence-electron chi connectivity index (χ4n) is 1.02. The molecule has 0 heterocycles. The Bertz CT molecular complexity index is 208. The summed E-state index contributed by atoms with van der Waals surface area (Å²) >= 11 is 5.67. The van der Waals surface area contributed by atoms with Crippen LogP contribution in [0.5, 0.6) is 0 Å². The van der Waals surface area contributed by atoms with Crippen molar-refractivity contribution in [1.29, 1.82) is 5.26 Å². The van der Waals surface area contributed by atoms with Crippen molar-refractivity contribution >= 4 is 17.5 Å². The lowest BCUT2D eigenvalue weighted by Crippen LogP contribution is -2.41. The van der Waals surface area contributed by atoms with Crippen LogP contribution in [0.2, 0.25) is 0 Å². The summed E-state index contributed by atoms with van der Waals surface area (Å²) in [6.45, 7) is 5.93.